The van der Waals surface area contributed by atoms with Crippen molar-refractivity contribution in [2.45, 2.75) is 20.8 Å². The van der Waals surface area contributed by atoms with Gasteiger partial charge in [-0.05, 0) is 38.6 Å². The first-order chi connectivity index (χ1) is 9.73. The van der Waals surface area contributed by atoms with Gasteiger partial charge < -0.3 is 20.7 Å². The van der Waals surface area contributed by atoms with E-state index in [9.17, 15) is 4.79 Å². The highest BCUT2D eigenvalue weighted by Gasteiger charge is 2.20. The average Bonchev–Trinajstić information content (AvgIpc) is 2.34. The van der Waals surface area contributed by atoms with Crippen LogP contribution in [0.4, 0.5) is 5.69 Å². The highest BCUT2D eigenvalue weighted by molar-refractivity contribution is 5.95. The molecule has 0 saturated heterocycles. The van der Waals surface area contributed by atoms with Crippen LogP contribution < -0.4 is 15.8 Å². The Kier molecular flexibility index (Phi) is 6.03. The minimum atomic E-state index is -0.130. The van der Waals surface area contributed by atoms with Crippen molar-refractivity contribution in [1.29, 1.82) is 0 Å². The van der Waals surface area contributed by atoms with E-state index in [1.165, 1.54) is 0 Å². The Balaban J connectivity index is 2.71. The van der Waals surface area contributed by atoms with Crippen LogP contribution in [-0.2, 0) is 0 Å². The summed E-state index contributed by atoms with van der Waals surface area (Å²) in [6, 6.07) is 5.10. The van der Waals surface area contributed by atoms with Gasteiger partial charge in [-0.1, -0.05) is 13.8 Å². The first kappa shape index (κ1) is 17.3. The Morgan fingerprint density at radius 2 is 2.00 bits per heavy atom. The normalized spacial score (nSPS) is 11.5. The van der Waals surface area contributed by atoms with Crippen molar-refractivity contribution in [3.63, 3.8) is 0 Å². The smallest absolute Gasteiger partial charge is 0.251 e. The molecule has 0 aliphatic rings. The van der Waals surface area contributed by atoms with E-state index in [1.54, 1.807) is 18.2 Å². The van der Waals surface area contributed by atoms with Gasteiger partial charge in [-0.25, -0.2) is 0 Å². The monoisotopic (exact) mass is 293 g/mol. The molecular formula is C16H27N3O2. The molecule has 3 N–H and O–H groups in total. The van der Waals surface area contributed by atoms with Crippen LogP contribution in [0.25, 0.3) is 0 Å². The third-order valence-corrected chi connectivity index (χ3v) is 2.97. The molecule has 0 unspecified atom stereocenters. The fourth-order valence-corrected chi connectivity index (χ4v) is 2.34. The summed E-state index contributed by atoms with van der Waals surface area (Å²) in [5.41, 5.74) is 6.86. The maximum atomic E-state index is 12.3. The number of anilines is 1. The molecule has 0 atom stereocenters. The van der Waals surface area contributed by atoms with Crippen molar-refractivity contribution in [3.05, 3.63) is 23.8 Å². The summed E-state index contributed by atoms with van der Waals surface area (Å²) in [4.78, 5) is 14.4. The molecule has 1 rings (SSSR count). The van der Waals surface area contributed by atoms with E-state index in [2.05, 4.69) is 24.1 Å². The van der Waals surface area contributed by atoms with Crippen molar-refractivity contribution < 1.29 is 9.53 Å². The Labute approximate surface area is 127 Å². The molecule has 0 aliphatic heterocycles. The van der Waals surface area contributed by atoms with E-state index < -0.39 is 0 Å². The van der Waals surface area contributed by atoms with Gasteiger partial charge in [-0.2, -0.15) is 0 Å². The number of nitrogens with two attached hydrogens (primary N) is 1. The maximum absolute atomic E-state index is 12.3. The Bertz CT molecular complexity index is 484. The Morgan fingerprint density at radius 1 is 1.33 bits per heavy atom. The van der Waals surface area contributed by atoms with Crippen LogP contribution >= 0.6 is 0 Å². The predicted octanol–water partition coefficient (Wildman–Crippen LogP) is 1.99. The first-order valence-corrected chi connectivity index (χ1v) is 7.20. The van der Waals surface area contributed by atoms with Gasteiger partial charge in [-0.3, -0.25) is 4.79 Å². The van der Waals surface area contributed by atoms with Gasteiger partial charge in [0, 0.05) is 30.4 Å². The van der Waals surface area contributed by atoms with E-state index in [0.717, 1.165) is 6.54 Å². The highest BCUT2D eigenvalue weighted by Crippen LogP contribution is 2.20. The van der Waals surface area contributed by atoms with Crippen molar-refractivity contribution in [2.75, 3.05) is 39.5 Å². The molecule has 0 radical (unpaired) electrons. The number of benzene rings is 1. The molecule has 0 bridgehead atoms. The van der Waals surface area contributed by atoms with E-state index in [4.69, 9.17) is 10.5 Å². The molecule has 1 aromatic rings. The standard InChI is InChI=1S/C16H27N3O2/c1-6-21-14-8-12(7-13(17)9-14)15(20)18-10-16(2,3)11-19(4)5/h7-9H,6,10-11,17H2,1-5H3,(H,18,20). The minimum Gasteiger partial charge on any atom is -0.494 e. The highest BCUT2D eigenvalue weighted by atomic mass is 16.5. The van der Waals surface area contributed by atoms with Gasteiger partial charge in [0.25, 0.3) is 5.91 Å². The molecule has 0 spiro atoms. The van der Waals surface area contributed by atoms with Crippen molar-refractivity contribution in [3.8, 4) is 5.75 Å². The number of hydrogen-bond donors (Lipinski definition) is 2. The zero-order valence-electron chi connectivity index (χ0n) is 13.7. The van der Waals surface area contributed by atoms with E-state index in [0.29, 0.717) is 30.2 Å². The lowest BCUT2D eigenvalue weighted by molar-refractivity contribution is 0.0929. The molecule has 1 amide bonds. The zero-order valence-corrected chi connectivity index (χ0v) is 13.7. The zero-order chi connectivity index (χ0) is 16.0. The lowest BCUT2D eigenvalue weighted by Gasteiger charge is -2.28. The second kappa shape index (κ2) is 7.31. The lowest BCUT2D eigenvalue weighted by Crippen LogP contribution is -2.40. The summed E-state index contributed by atoms with van der Waals surface area (Å²) in [5.74, 6) is 0.491. The largest absolute Gasteiger partial charge is 0.494 e. The predicted molar refractivity (Wildman–Crippen MR) is 86.7 cm³/mol. The molecule has 0 aliphatic carbocycles. The third-order valence-electron chi connectivity index (χ3n) is 2.97. The summed E-state index contributed by atoms with van der Waals surface area (Å²) < 4.78 is 5.41. The van der Waals surface area contributed by atoms with Crippen LogP contribution in [0.3, 0.4) is 0 Å². The first-order valence-electron chi connectivity index (χ1n) is 7.20. The molecule has 0 aromatic heterocycles. The Hall–Kier alpha value is -1.75. The summed E-state index contributed by atoms with van der Waals surface area (Å²) in [5, 5.41) is 2.96. The van der Waals surface area contributed by atoms with Crippen LogP contribution in [0.2, 0.25) is 0 Å². The fraction of sp³-hybridized carbons (Fsp3) is 0.562. The van der Waals surface area contributed by atoms with E-state index >= 15 is 0 Å². The summed E-state index contributed by atoms with van der Waals surface area (Å²) in [6.45, 7) is 8.18. The van der Waals surface area contributed by atoms with Gasteiger partial charge in [0.2, 0.25) is 0 Å². The van der Waals surface area contributed by atoms with Crippen molar-refractivity contribution in [2.24, 2.45) is 5.41 Å². The van der Waals surface area contributed by atoms with Crippen LogP contribution in [-0.4, -0.2) is 44.6 Å². The summed E-state index contributed by atoms with van der Waals surface area (Å²) in [7, 11) is 4.05. The number of hydrogen-bond acceptors (Lipinski definition) is 4. The lowest BCUT2D eigenvalue weighted by atomic mass is 9.93. The molecule has 0 saturated carbocycles. The molecule has 1 aromatic carbocycles. The molecule has 5 nitrogen and oxygen atoms in total. The number of nitrogen functional groups attached to an aromatic ring is 1. The van der Waals surface area contributed by atoms with Crippen LogP contribution in [0.1, 0.15) is 31.1 Å². The quantitative estimate of drug-likeness (QED) is 0.754. The van der Waals surface area contributed by atoms with Gasteiger partial charge in [0.15, 0.2) is 0 Å². The van der Waals surface area contributed by atoms with Crippen molar-refractivity contribution >= 4 is 11.6 Å². The van der Waals surface area contributed by atoms with Gasteiger partial charge in [-0.15, -0.1) is 0 Å². The number of carbonyl (C=O) groups excluding carboxylic acids is 1. The van der Waals surface area contributed by atoms with E-state index in [-0.39, 0.29) is 11.3 Å². The SMILES string of the molecule is CCOc1cc(N)cc(C(=O)NCC(C)(C)CN(C)C)c1. The summed E-state index contributed by atoms with van der Waals surface area (Å²) >= 11 is 0. The number of amides is 1. The number of ether oxygens (including phenoxy) is 1. The topological polar surface area (TPSA) is 67.6 Å². The van der Waals surface area contributed by atoms with Crippen LogP contribution in [0, 0.1) is 5.41 Å². The minimum absolute atomic E-state index is 0.00222. The molecule has 21 heavy (non-hydrogen) atoms. The van der Waals surface area contributed by atoms with Crippen molar-refractivity contribution in [1.82, 2.24) is 10.2 Å². The number of nitrogens with one attached hydrogen (secondary N) is 1. The molecular weight excluding hydrogens is 266 g/mol. The molecule has 118 valence electrons. The maximum Gasteiger partial charge on any atom is 0.251 e. The van der Waals surface area contributed by atoms with Crippen LogP contribution in [0.5, 0.6) is 5.75 Å². The summed E-state index contributed by atoms with van der Waals surface area (Å²) in [6.07, 6.45) is 0. The fourth-order valence-electron chi connectivity index (χ4n) is 2.34. The van der Waals surface area contributed by atoms with Crippen LogP contribution in [0.15, 0.2) is 18.2 Å². The van der Waals surface area contributed by atoms with E-state index in [1.807, 2.05) is 21.0 Å². The third kappa shape index (κ3) is 6.04. The van der Waals surface area contributed by atoms with Gasteiger partial charge >= 0.3 is 0 Å². The molecule has 5 heteroatoms. The molecule has 0 fully saturated rings. The second-order valence-electron chi connectivity index (χ2n) is 6.31. The number of nitrogens with zero attached hydrogens (tertiary/aromatic N) is 1. The Morgan fingerprint density at radius 3 is 2.57 bits per heavy atom. The number of rotatable bonds is 7. The average molecular weight is 293 g/mol. The van der Waals surface area contributed by atoms with Gasteiger partial charge in [0.05, 0.1) is 6.61 Å². The number of carbonyl (C=O) groups is 1. The second-order valence-corrected chi connectivity index (χ2v) is 6.31. The molecule has 0 heterocycles. The van der Waals surface area contributed by atoms with Gasteiger partial charge in [0.1, 0.15) is 5.75 Å².